The van der Waals surface area contributed by atoms with Crippen LogP contribution in [-0.2, 0) is 21.9 Å². The van der Waals surface area contributed by atoms with Gasteiger partial charge in [0.15, 0.2) is 0 Å². The SMILES string of the molecule is O=[C-]Nc1ccccc1.[Fe]. The molecule has 0 aliphatic rings. The van der Waals surface area contributed by atoms with Crippen molar-refractivity contribution in [3.05, 3.63) is 30.3 Å². The summed E-state index contributed by atoms with van der Waals surface area (Å²) in [6.07, 6.45) is 1.58. The minimum atomic E-state index is 0. The molecule has 0 saturated heterocycles. The van der Waals surface area contributed by atoms with Crippen LogP contribution in [0.15, 0.2) is 30.3 Å². The van der Waals surface area contributed by atoms with Crippen molar-refractivity contribution in [1.82, 2.24) is 0 Å². The van der Waals surface area contributed by atoms with Crippen LogP contribution >= 0.6 is 0 Å². The van der Waals surface area contributed by atoms with Crippen LogP contribution in [0.2, 0.25) is 0 Å². The van der Waals surface area contributed by atoms with Crippen molar-refractivity contribution < 1.29 is 21.9 Å². The molecule has 1 aromatic carbocycles. The zero-order valence-electron chi connectivity index (χ0n) is 5.15. The monoisotopic (exact) mass is 176 g/mol. The Morgan fingerprint density at radius 1 is 1.20 bits per heavy atom. The Morgan fingerprint density at radius 3 is 2.30 bits per heavy atom. The normalized spacial score (nSPS) is 7.60. The summed E-state index contributed by atoms with van der Waals surface area (Å²) in [5.41, 5.74) is 0.771. The molecular formula is C7H6FeNO-. The molecule has 3 heteroatoms. The first-order valence-corrected chi connectivity index (χ1v) is 2.61. The third kappa shape index (κ3) is 2.67. The Balaban J connectivity index is 0.000000810. The van der Waals surface area contributed by atoms with E-state index in [0.29, 0.717) is 0 Å². The van der Waals surface area contributed by atoms with E-state index in [1.165, 1.54) is 0 Å². The largest absolute Gasteiger partial charge is 0.490 e. The molecule has 10 heavy (non-hydrogen) atoms. The number of anilines is 1. The molecule has 0 aliphatic heterocycles. The molecule has 0 unspecified atom stereocenters. The van der Waals surface area contributed by atoms with Crippen molar-refractivity contribution in [2.24, 2.45) is 0 Å². The fourth-order valence-corrected chi connectivity index (χ4v) is 0.580. The maximum atomic E-state index is 9.74. The number of benzene rings is 1. The molecule has 0 spiro atoms. The van der Waals surface area contributed by atoms with E-state index < -0.39 is 0 Å². The molecule has 0 atom stereocenters. The van der Waals surface area contributed by atoms with E-state index in [2.05, 4.69) is 5.32 Å². The average molecular weight is 176 g/mol. The van der Waals surface area contributed by atoms with Gasteiger partial charge in [-0.05, 0) is 0 Å². The van der Waals surface area contributed by atoms with E-state index in [9.17, 15) is 4.79 Å². The second-order valence-electron chi connectivity index (χ2n) is 1.59. The van der Waals surface area contributed by atoms with Crippen LogP contribution in [0.25, 0.3) is 0 Å². The van der Waals surface area contributed by atoms with Crippen molar-refractivity contribution >= 4 is 12.1 Å². The molecule has 1 amide bonds. The molecular weight excluding hydrogens is 170 g/mol. The summed E-state index contributed by atoms with van der Waals surface area (Å²) in [4.78, 5) is 9.74. The Hall–Kier alpha value is -0.791. The van der Waals surface area contributed by atoms with Gasteiger partial charge < -0.3 is 10.1 Å². The van der Waals surface area contributed by atoms with E-state index >= 15 is 0 Å². The van der Waals surface area contributed by atoms with Gasteiger partial charge in [-0.2, -0.15) is 0 Å². The molecule has 0 fully saturated rings. The Kier molecular flexibility index (Phi) is 4.63. The molecule has 0 bridgehead atoms. The van der Waals surface area contributed by atoms with E-state index in [4.69, 9.17) is 0 Å². The van der Waals surface area contributed by atoms with Gasteiger partial charge in [0.1, 0.15) is 0 Å². The molecule has 1 aromatic rings. The van der Waals surface area contributed by atoms with Gasteiger partial charge >= 0.3 is 0 Å². The van der Waals surface area contributed by atoms with Crippen LogP contribution in [0.1, 0.15) is 0 Å². The molecule has 54 valence electrons. The standard InChI is InChI=1S/C7H6NO.Fe/c9-6-8-7-4-2-1-3-5-7;/h1-5H,(H,8,9);/q-1;. The van der Waals surface area contributed by atoms with Crippen LogP contribution in [0.4, 0.5) is 5.69 Å². The van der Waals surface area contributed by atoms with E-state index in [1.807, 2.05) is 18.2 Å². The number of nitrogens with one attached hydrogen (secondary N) is 1. The summed E-state index contributed by atoms with van der Waals surface area (Å²) in [6, 6.07) is 9.17. The number of hydrogen-bond donors (Lipinski definition) is 1. The van der Waals surface area contributed by atoms with Crippen molar-refractivity contribution in [2.45, 2.75) is 0 Å². The van der Waals surface area contributed by atoms with Crippen molar-refractivity contribution in [3.63, 3.8) is 0 Å². The zero-order valence-corrected chi connectivity index (χ0v) is 6.25. The molecule has 1 rings (SSSR count). The second kappa shape index (κ2) is 5.03. The average Bonchev–Trinajstić information content (AvgIpc) is 1.91. The van der Waals surface area contributed by atoms with Gasteiger partial charge in [-0.15, -0.1) is 17.8 Å². The first-order valence-electron chi connectivity index (χ1n) is 2.61. The summed E-state index contributed by atoms with van der Waals surface area (Å²) < 4.78 is 0. The predicted octanol–water partition coefficient (Wildman–Crippen LogP) is 1.16. The van der Waals surface area contributed by atoms with Crippen molar-refractivity contribution in [1.29, 1.82) is 0 Å². The van der Waals surface area contributed by atoms with E-state index in [0.717, 1.165) is 5.69 Å². The van der Waals surface area contributed by atoms with Crippen molar-refractivity contribution in [3.8, 4) is 0 Å². The van der Waals surface area contributed by atoms with Gasteiger partial charge in [0.2, 0.25) is 0 Å². The first kappa shape index (κ1) is 9.21. The van der Waals surface area contributed by atoms with Crippen LogP contribution in [0.5, 0.6) is 0 Å². The van der Waals surface area contributed by atoms with Gasteiger partial charge in [0.05, 0.1) is 6.41 Å². The Labute approximate surface area is 70.1 Å². The number of hydrogen-bond acceptors (Lipinski definition) is 1. The van der Waals surface area contributed by atoms with Gasteiger partial charge in [-0.1, -0.05) is 18.2 Å². The number of para-hydroxylation sites is 1. The van der Waals surface area contributed by atoms with Gasteiger partial charge in [-0.25, -0.2) is 0 Å². The summed E-state index contributed by atoms with van der Waals surface area (Å²) in [7, 11) is 0. The number of rotatable bonds is 2. The van der Waals surface area contributed by atoms with E-state index in [1.54, 1.807) is 18.5 Å². The second-order valence-corrected chi connectivity index (χ2v) is 1.59. The summed E-state index contributed by atoms with van der Waals surface area (Å²) in [5, 5.41) is 2.40. The maximum Gasteiger partial charge on any atom is 0.0692 e. The first-order chi connectivity index (χ1) is 4.43. The van der Waals surface area contributed by atoms with Crippen LogP contribution in [0, 0.1) is 0 Å². The van der Waals surface area contributed by atoms with Crippen molar-refractivity contribution in [2.75, 3.05) is 5.32 Å². The summed E-state index contributed by atoms with van der Waals surface area (Å²) >= 11 is 0. The van der Waals surface area contributed by atoms with Crippen LogP contribution in [-0.4, -0.2) is 6.41 Å². The van der Waals surface area contributed by atoms with Crippen LogP contribution in [0.3, 0.4) is 0 Å². The van der Waals surface area contributed by atoms with Gasteiger partial charge in [0, 0.05) is 17.1 Å². The smallest absolute Gasteiger partial charge is 0.0692 e. The molecule has 0 aliphatic carbocycles. The molecule has 0 radical (unpaired) electrons. The Morgan fingerprint density at radius 2 is 1.80 bits per heavy atom. The van der Waals surface area contributed by atoms with Gasteiger partial charge in [0.25, 0.3) is 0 Å². The fourth-order valence-electron chi connectivity index (χ4n) is 0.580. The van der Waals surface area contributed by atoms with Crippen LogP contribution < -0.4 is 5.32 Å². The predicted molar refractivity (Wildman–Crippen MR) is 35.8 cm³/mol. The summed E-state index contributed by atoms with van der Waals surface area (Å²) in [6.45, 7) is 0. The molecule has 0 heterocycles. The maximum absolute atomic E-state index is 9.74. The third-order valence-electron chi connectivity index (χ3n) is 0.969. The topological polar surface area (TPSA) is 29.1 Å². The molecule has 0 aromatic heterocycles. The minimum absolute atomic E-state index is 0. The zero-order chi connectivity index (χ0) is 6.53. The third-order valence-corrected chi connectivity index (χ3v) is 0.969. The van der Waals surface area contributed by atoms with E-state index in [-0.39, 0.29) is 17.1 Å². The number of amides is 1. The quantitative estimate of drug-likeness (QED) is 0.409. The fraction of sp³-hybridized carbons (Fsp3) is 0. The Bertz CT molecular complexity index is 188. The molecule has 1 N–H and O–H groups in total. The molecule has 0 saturated carbocycles. The summed E-state index contributed by atoms with van der Waals surface area (Å²) in [5.74, 6) is 0. The van der Waals surface area contributed by atoms with Gasteiger partial charge in [-0.3, -0.25) is 0 Å². The minimum Gasteiger partial charge on any atom is -0.490 e. The number of carbonyl (C=O) groups excluding carboxylic acids is 1. The molecule has 2 nitrogen and oxygen atoms in total.